The molecule has 176 valence electrons. The van der Waals surface area contributed by atoms with Crippen molar-refractivity contribution in [3.63, 3.8) is 0 Å². The van der Waals surface area contributed by atoms with E-state index in [2.05, 4.69) is 34.6 Å². The second-order valence-corrected chi connectivity index (χ2v) is 8.62. The number of rotatable bonds is 23. The molecule has 2 atom stereocenters. The van der Waals surface area contributed by atoms with E-state index in [4.69, 9.17) is 23.7 Å². The molecule has 29 heavy (non-hydrogen) atoms. The molecule has 5 nitrogen and oxygen atoms in total. The van der Waals surface area contributed by atoms with Crippen molar-refractivity contribution in [1.29, 1.82) is 0 Å². The molecule has 0 aromatic carbocycles. The Morgan fingerprint density at radius 1 is 0.483 bits per heavy atom. The third kappa shape index (κ3) is 23.9. The quantitative estimate of drug-likeness (QED) is 0.209. The molecule has 0 aliphatic rings. The largest absolute Gasteiger partial charge is 0.379 e. The highest BCUT2D eigenvalue weighted by Crippen LogP contribution is 2.20. The first kappa shape index (κ1) is 28.8. The third-order valence-corrected chi connectivity index (χ3v) is 4.86. The van der Waals surface area contributed by atoms with Gasteiger partial charge in [0, 0.05) is 13.2 Å². The second kappa shape index (κ2) is 22.5. The lowest BCUT2D eigenvalue weighted by atomic mass is 9.91. The molecule has 0 saturated carbocycles. The standard InChI is InChI=1S/C24H50O5/c1-6-11-25-13-15-27-17-19-29-20-18-28-16-14-26-12-10-23(4)8-7-9-24(5)21-22(2)3/h22-24H,6-21H2,1-5H3. The Balaban J connectivity index is 3.19. The van der Waals surface area contributed by atoms with E-state index in [-0.39, 0.29) is 0 Å². The van der Waals surface area contributed by atoms with Crippen LogP contribution >= 0.6 is 0 Å². The highest BCUT2D eigenvalue weighted by atomic mass is 16.6. The van der Waals surface area contributed by atoms with E-state index in [9.17, 15) is 0 Å². The van der Waals surface area contributed by atoms with Gasteiger partial charge in [0.05, 0.1) is 52.9 Å². The summed E-state index contributed by atoms with van der Waals surface area (Å²) in [4.78, 5) is 0. The summed E-state index contributed by atoms with van der Waals surface area (Å²) in [5.41, 5.74) is 0. The molecule has 0 heterocycles. The van der Waals surface area contributed by atoms with E-state index < -0.39 is 0 Å². The van der Waals surface area contributed by atoms with Gasteiger partial charge in [-0.3, -0.25) is 0 Å². The van der Waals surface area contributed by atoms with Gasteiger partial charge in [0.1, 0.15) is 0 Å². The van der Waals surface area contributed by atoms with E-state index in [0.29, 0.717) is 52.9 Å². The van der Waals surface area contributed by atoms with Gasteiger partial charge in [-0.05, 0) is 37.0 Å². The van der Waals surface area contributed by atoms with Crippen LogP contribution in [-0.2, 0) is 23.7 Å². The second-order valence-electron chi connectivity index (χ2n) is 8.62. The average molecular weight is 419 g/mol. The van der Waals surface area contributed by atoms with E-state index in [1.807, 2.05) is 0 Å². The summed E-state index contributed by atoms with van der Waals surface area (Å²) < 4.78 is 27.4. The molecule has 0 saturated heterocycles. The summed E-state index contributed by atoms with van der Waals surface area (Å²) in [5.74, 6) is 2.42. The van der Waals surface area contributed by atoms with Crippen LogP contribution in [0.4, 0.5) is 0 Å². The molecule has 0 aliphatic heterocycles. The SMILES string of the molecule is CCCOCCOCCOCCOCCOCCC(C)CCCC(C)CC(C)C. The van der Waals surface area contributed by atoms with Crippen molar-refractivity contribution < 1.29 is 23.7 Å². The highest BCUT2D eigenvalue weighted by Gasteiger charge is 2.07. The topological polar surface area (TPSA) is 46.2 Å². The molecule has 0 amide bonds. The van der Waals surface area contributed by atoms with Gasteiger partial charge in [0.15, 0.2) is 0 Å². The van der Waals surface area contributed by atoms with Crippen LogP contribution in [-0.4, -0.2) is 66.1 Å². The molecule has 2 unspecified atom stereocenters. The minimum Gasteiger partial charge on any atom is -0.379 e. The lowest BCUT2D eigenvalue weighted by molar-refractivity contribution is -0.0116. The Morgan fingerprint density at radius 3 is 1.34 bits per heavy atom. The van der Waals surface area contributed by atoms with E-state index in [0.717, 1.165) is 43.8 Å². The number of ether oxygens (including phenoxy) is 5. The molecule has 0 rings (SSSR count). The number of hydrogen-bond donors (Lipinski definition) is 0. The molecule has 0 spiro atoms. The fraction of sp³-hybridized carbons (Fsp3) is 1.00. The van der Waals surface area contributed by atoms with Crippen LogP contribution in [0.15, 0.2) is 0 Å². The van der Waals surface area contributed by atoms with Crippen molar-refractivity contribution >= 4 is 0 Å². The lowest BCUT2D eigenvalue weighted by Crippen LogP contribution is -2.13. The van der Waals surface area contributed by atoms with Crippen molar-refractivity contribution in [3.8, 4) is 0 Å². The summed E-state index contributed by atoms with van der Waals surface area (Å²) in [6.07, 6.45) is 7.56. The van der Waals surface area contributed by atoms with E-state index in [1.165, 1.54) is 25.7 Å². The van der Waals surface area contributed by atoms with Crippen LogP contribution in [0.25, 0.3) is 0 Å². The minimum atomic E-state index is 0.599. The maximum absolute atomic E-state index is 5.69. The monoisotopic (exact) mass is 418 g/mol. The van der Waals surface area contributed by atoms with Crippen LogP contribution in [0.5, 0.6) is 0 Å². The first-order valence-electron chi connectivity index (χ1n) is 11.9. The highest BCUT2D eigenvalue weighted by molar-refractivity contribution is 4.59. The molecule has 0 aromatic heterocycles. The maximum atomic E-state index is 5.69. The lowest BCUT2D eigenvalue weighted by Gasteiger charge is -2.16. The Labute approximate surface area is 181 Å². The van der Waals surface area contributed by atoms with Crippen LogP contribution in [0.3, 0.4) is 0 Å². The fourth-order valence-corrected chi connectivity index (χ4v) is 3.29. The van der Waals surface area contributed by atoms with Gasteiger partial charge >= 0.3 is 0 Å². The van der Waals surface area contributed by atoms with Crippen LogP contribution in [0, 0.1) is 17.8 Å². The average Bonchev–Trinajstić information content (AvgIpc) is 2.67. The van der Waals surface area contributed by atoms with Crippen molar-refractivity contribution in [1.82, 2.24) is 0 Å². The van der Waals surface area contributed by atoms with E-state index in [1.54, 1.807) is 0 Å². The fourth-order valence-electron chi connectivity index (χ4n) is 3.29. The first-order chi connectivity index (χ1) is 14.1. The van der Waals surface area contributed by atoms with Crippen LogP contribution in [0.1, 0.15) is 73.1 Å². The Kier molecular flexibility index (Phi) is 22.3. The van der Waals surface area contributed by atoms with Crippen molar-refractivity contribution in [2.75, 3.05) is 66.1 Å². The van der Waals surface area contributed by atoms with Crippen molar-refractivity contribution in [3.05, 3.63) is 0 Å². The smallest absolute Gasteiger partial charge is 0.0701 e. The van der Waals surface area contributed by atoms with Gasteiger partial charge < -0.3 is 23.7 Å². The molecule has 0 bridgehead atoms. The molecule has 5 heteroatoms. The minimum absolute atomic E-state index is 0.599. The van der Waals surface area contributed by atoms with Crippen molar-refractivity contribution in [2.24, 2.45) is 17.8 Å². The third-order valence-electron chi connectivity index (χ3n) is 4.86. The summed E-state index contributed by atoms with van der Waals surface area (Å²) >= 11 is 0. The summed E-state index contributed by atoms with van der Waals surface area (Å²) in [7, 11) is 0. The maximum Gasteiger partial charge on any atom is 0.0701 e. The van der Waals surface area contributed by atoms with Gasteiger partial charge in [-0.25, -0.2) is 0 Å². The molecular weight excluding hydrogens is 368 g/mol. The Morgan fingerprint density at radius 2 is 0.897 bits per heavy atom. The zero-order valence-electron chi connectivity index (χ0n) is 20.1. The Hall–Kier alpha value is -0.200. The zero-order chi connectivity index (χ0) is 21.6. The van der Waals surface area contributed by atoms with E-state index >= 15 is 0 Å². The zero-order valence-corrected chi connectivity index (χ0v) is 20.1. The molecule has 0 N–H and O–H groups in total. The normalized spacial score (nSPS) is 13.9. The summed E-state index contributed by atoms with van der Waals surface area (Å²) in [6.45, 7) is 18.1. The molecule has 0 aliphatic carbocycles. The predicted molar refractivity (Wildman–Crippen MR) is 121 cm³/mol. The first-order valence-corrected chi connectivity index (χ1v) is 11.9. The van der Waals surface area contributed by atoms with Gasteiger partial charge in [0.2, 0.25) is 0 Å². The Bertz CT molecular complexity index is 312. The molecule has 0 aromatic rings. The van der Waals surface area contributed by atoms with Crippen molar-refractivity contribution in [2.45, 2.75) is 73.1 Å². The van der Waals surface area contributed by atoms with Gasteiger partial charge in [-0.15, -0.1) is 0 Å². The summed E-state index contributed by atoms with van der Waals surface area (Å²) in [6, 6.07) is 0. The summed E-state index contributed by atoms with van der Waals surface area (Å²) in [5, 5.41) is 0. The van der Waals surface area contributed by atoms with Gasteiger partial charge in [-0.1, -0.05) is 53.9 Å². The van der Waals surface area contributed by atoms with Crippen LogP contribution in [0.2, 0.25) is 0 Å². The van der Waals surface area contributed by atoms with Gasteiger partial charge in [0.25, 0.3) is 0 Å². The molecular formula is C24H50O5. The molecule has 0 radical (unpaired) electrons. The molecule has 0 fully saturated rings. The van der Waals surface area contributed by atoms with Gasteiger partial charge in [-0.2, -0.15) is 0 Å². The predicted octanol–water partition coefficient (Wildman–Crippen LogP) is 5.36. The van der Waals surface area contributed by atoms with Crippen LogP contribution < -0.4 is 0 Å². The number of hydrogen-bond acceptors (Lipinski definition) is 5.